The van der Waals surface area contributed by atoms with Crippen LogP contribution in [0.25, 0.3) is 0 Å². The van der Waals surface area contributed by atoms with Crippen LogP contribution in [-0.4, -0.2) is 10.9 Å². The van der Waals surface area contributed by atoms with Gasteiger partial charge in [-0.3, -0.25) is 4.99 Å². The Morgan fingerprint density at radius 1 is 1.40 bits per heavy atom. The van der Waals surface area contributed by atoms with Gasteiger partial charge in [0, 0.05) is 10.6 Å². The lowest BCUT2D eigenvalue weighted by Crippen LogP contribution is -1.82. The maximum absolute atomic E-state index is 4.60. The molecule has 1 aliphatic heterocycles. The number of isothiocyanates is 1. The number of fused-ring (bicyclic) bond motifs is 1. The Kier molecular flexibility index (Phi) is 3.11. The Morgan fingerprint density at radius 2 is 2.20 bits per heavy atom. The van der Waals surface area contributed by atoms with Crippen LogP contribution < -0.4 is 0 Å². The predicted molar refractivity (Wildman–Crippen MR) is 68.2 cm³/mol. The van der Waals surface area contributed by atoms with Crippen LogP contribution in [0.3, 0.4) is 0 Å². The molecule has 1 heterocycles. The van der Waals surface area contributed by atoms with E-state index < -0.39 is 0 Å². The predicted octanol–water partition coefficient (Wildman–Crippen LogP) is 3.83. The first-order valence-electron chi connectivity index (χ1n) is 4.41. The molecule has 2 rings (SSSR count). The molecule has 0 saturated heterocycles. The minimum Gasteiger partial charge on any atom is -0.252 e. The zero-order valence-corrected chi connectivity index (χ0v) is 9.73. The van der Waals surface area contributed by atoms with Gasteiger partial charge in [0.25, 0.3) is 0 Å². The zero-order chi connectivity index (χ0) is 10.7. The Hall–Kier alpha value is -1.22. The van der Waals surface area contributed by atoms with Gasteiger partial charge in [0.2, 0.25) is 0 Å². The van der Waals surface area contributed by atoms with Crippen molar-refractivity contribution < 1.29 is 0 Å². The van der Waals surface area contributed by atoms with E-state index in [1.807, 2.05) is 37.3 Å². The number of hydrogen-bond acceptors (Lipinski definition) is 4. The number of thiocarbonyl (C=S) groups is 1. The molecule has 0 aliphatic carbocycles. The highest BCUT2D eigenvalue weighted by atomic mass is 32.2. The van der Waals surface area contributed by atoms with Crippen LogP contribution in [0.15, 0.2) is 50.3 Å². The van der Waals surface area contributed by atoms with Crippen LogP contribution >= 0.6 is 24.0 Å². The molecule has 0 bridgehead atoms. The van der Waals surface area contributed by atoms with Gasteiger partial charge in [0.15, 0.2) is 0 Å². The van der Waals surface area contributed by atoms with Crippen LogP contribution in [0.1, 0.15) is 6.92 Å². The number of thioether (sulfide) groups is 1. The molecule has 1 aromatic carbocycles. The van der Waals surface area contributed by atoms with E-state index in [1.54, 1.807) is 11.8 Å². The molecule has 0 spiro atoms. The summed E-state index contributed by atoms with van der Waals surface area (Å²) in [4.78, 5) is 9.56. The highest BCUT2D eigenvalue weighted by molar-refractivity contribution is 8.03. The average molecular weight is 232 g/mol. The molecule has 0 atom stereocenters. The normalized spacial score (nSPS) is 14.2. The summed E-state index contributed by atoms with van der Waals surface area (Å²) in [7, 11) is 0. The Morgan fingerprint density at radius 3 is 3.00 bits per heavy atom. The maximum Gasteiger partial charge on any atom is 0.114 e. The molecule has 15 heavy (non-hydrogen) atoms. The number of hydrogen-bond donors (Lipinski definition) is 0. The largest absolute Gasteiger partial charge is 0.252 e. The lowest BCUT2D eigenvalue weighted by molar-refractivity contribution is 1.38. The van der Waals surface area contributed by atoms with Crippen molar-refractivity contribution in [3.63, 3.8) is 0 Å². The van der Waals surface area contributed by atoms with E-state index in [-0.39, 0.29) is 0 Å². The number of aliphatic imine (C=N–C) groups is 2. The zero-order valence-electron chi connectivity index (χ0n) is 8.10. The summed E-state index contributed by atoms with van der Waals surface area (Å²) >= 11 is 6.16. The second-order valence-electron chi connectivity index (χ2n) is 3.01. The van der Waals surface area contributed by atoms with E-state index in [1.165, 1.54) is 0 Å². The van der Waals surface area contributed by atoms with E-state index >= 15 is 0 Å². The van der Waals surface area contributed by atoms with Crippen LogP contribution in [0.5, 0.6) is 0 Å². The number of para-hydroxylation sites is 1. The van der Waals surface area contributed by atoms with Crippen LogP contribution in [0.4, 0.5) is 5.69 Å². The van der Waals surface area contributed by atoms with Gasteiger partial charge in [0.1, 0.15) is 5.03 Å². The van der Waals surface area contributed by atoms with Crippen LogP contribution in [-0.2, 0) is 0 Å². The SMILES string of the molecule is CC1=Nc2ccccc2SC(N=C=S)=C1. The third-order valence-electron chi connectivity index (χ3n) is 1.86. The first-order valence-corrected chi connectivity index (χ1v) is 5.64. The first-order chi connectivity index (χ1) is 7.29. The van der Waals surface area contributed by atoms with Gasteiger partial charge in [-0.1, -0.05) is 23.9 Å². The molecule has 1 aliphatic rings. The van der Waals surface area contributed by atoms with Crippen molar-refractivity contribution in [2.75, 3.05) is 0 Å². The van der Waals surface area contributed by atoms with Crippen LogP contribution in [0.2, 0.25) is 0 Å². The van der Waals surface area contributed by atoms with Gasteiger partial charge in [-0.2, -0.15) is 4.99 Å². The third kappa shape index (κ3) is 2.42. The highest BCUT2D eigenvalue weighted by Crippen LogP contribution is 2.37. The van der Waals surface area contributed by atoms with Gasteiger partial charge in [-0.25, -0.2) is 0 Å². The second kappa shape index (κ2) is 4.53. The Labute approximate surface area is 97.8 Å². The lowest BCUT2D eigenvalue weighted by Gasteiger charge is -2.00. The maximum atomic E-state index is 4.60. The molecule has 0 saturated carbocycles. The highest BCUT2D eigenvalue weighted by Gasteiger charge is 2.08. The van der Waals surface area contributed by atoms with E-state index in [9.17, 15) is 0 Å². The summed E-state index contributed by atoms with van der Waals surface area (Å²) in [5.41, 5.74) is 1.90. The van der Waals surface area contributed by atoms with Gasteiger partial charge in [0.05, 0.1) is 10.8 Å². The number of benzene rings is 1. The van der Waals surface area contributed by atoms with Gasteiger partial charge >= 0.3 is 0 Å². The van der Waals surface area contributed by atoms with Gasteiger partial charge in [-0.15, -0.1) is 0 Å². The quantitative estimate of drug-likeness (QED) is 0.543. The fourth-order valence-corrected chi connectivity index (χ4v) is 2.35. The minimum atomic E-state index is 0.830. The molecular weight excluding hydrogens is 224 g/mol. The minimum absolute atomic E-state index is 0.830. The smallest absolute Gasteiger partial charge is 0.114 e. The van der Waals surface area contributed by atoms with E-state index in [2.05, 4.69) is 27.4 Å². The fourth-order valence-electron chi connectivity index (χ4n) is 1.28. The van der Waals surface area contributed by atoms with E-state index in [4.69, 9.17) is 0 Å². The van der Waals surface area contributed by atoms with Gasteiger partial charge in [-0.05, 0) is 37.4 Å². The molecule has 0 N–H and O–H groups in total. The molecule has 1 aromatic rings. The topological polar surface area (TPSA) is 24.7 Å². The molecule has 0 radical (unpaired) electrons. The van der Waals surface area contributed by atoms with Crippen molar-refractivity contribution in [3.05, 3.63) is 35.4 Å². The van der Waals surface area contributed by atoms with E-state index in [0.29, 0.717) is 0 Å². The summed E-state index contributed by atoms with van der Waals surface area (Å²) < 4.78 is 0. The molecular formula is C11H8N2S2. The monoisotopic (exact) mass is 232 g/mol. The molecule has 0 fully saturated rings. The molecule has 74 valence electrons. The van der Waals surface area contributed by atoms with Crippen molar-refractivity contribution in [2.45, 2.75) is 11.8 Å². The summed E-state index contributed by atoms with van der Waals surface area (Å²) in [6.07, 6.45) is 1.91. The van der Waals surface area contributed by atoms with Crippen LogP contribution in [0, 0.1) is 0 Å². The molecule has 2 nitrogen and oxygen atoms in total. The van der Waals surface area contributed by atoms with Crippen molar-refractivity contribution in [1.29, 1.82) is 0 Å². The average Bonchev–Trinajstić information content (AvgIpc) is 2.35. The fraction of sp³-hybridized carbons (Fsp3) is 0.0909. The molecule has 0 aromatic heterocycles. The number of allylic oxidation sites excluding steroid dienone is 1. The van der Waals surface area contributed by atoms with Crippen molar-refractivity contribution in [2.24, 2.45) is 9.98 Å². The Balaban J connectivity index is 2.50. The summed E-state index contributed by atoms with van der Waals surface area (Å²) in [6.45, 7) is 1.95. The van der Waals surface area contributed by atoms with Gasteiger partial charge < -0.3 is 0 Å². The number of rotatable bonds is 1. The third-order valence-corrected chi connectivity index (χ3v) is 2.94. The number of nitrogens with zero attached hydrogens (tertiary/aromatic N) is 2. The first kappa shape index (κ1) is 10.3. The summed E-state index contributed by atoms with van der Waals surface area (Å²) in [5.74, 6) is 0. The van der Waals surface area contributed by atoms with E-state index in [0.717, 1.165) is 21.3 Å². The van der Waals surface area contributed by atoms with Crippen molar-refractivity contribution in [3.8, 4) is 0 Å². The van der Waals surface area contributed by atoms with Crippen molar-refractivity contribution in [1.82, 2.24) is 0 Å². The summed E-state index contributed by atoms with van der Waals surface area (Å²) in [5, 5.41) is 3.21. The van der Waals surface area contributed by atoms with Crippen molar-refractivity contribution >= 4 is 40.5 Å². The second-order valence-corrected chi connectivity index (χ2v) is 4.25. The Bertz CT molecular complexity index is 497. The summed E-state index contributed by atoms with van der Waals surface area (Å²) in [6, 6.07) is 7.98. The molecule has 0 unspecified atom stereocenters. The lowest BCUT2D eigenvalue weighted by atomic mass is 10.3. The standard InChI is InChI=1S/C11H8N2S2/c1-8-6-11(12-7-14)15-10-5-3-2-4-9(10)13-8/h2-6H,1H3. The molecule has 4 heteroatoms. The molecule has 0 amide bonds.